The highest BCUT2D eigenvalue weighted by atomic mass is 35.5. The molecule has 0 saturated carbocycles. The van der Waals surface area contributed by atoms with Gasteiger partial charge in [-0.25, -0.2) is 0 Å². The van der Waals surface area contributed by atoms with E-state index in [0.717, 1.165) is 5.56 Å². The molecule has 29 heavy (non-hydrogen) atoms. The Labute approximate surface area is 181 Å². The van der Waals surface area contributed by atoms with Crippen LogP contribution in [0.3, 0.4) is 0 Å². The predicted molar refractivity (Wildman–Crippen MR) is 120 cm³/mol. The van der Waals surface area contributed by atoms with Gasteiger partial charge in [-0.05, 0) is 36.6 Å². The SMILES string of the molecule is CSC(C)C(=O)O/C(=C(/C#N)c1ccc(C(C)(C)C)cc1)c1c(Cl)c(C)nn1C. The van der Waals surface area contributed by atoms with E-state index in [1.165, 1.54) is 16.4 Å². The lowest BCUT2D eigenvalue weighted by Crippen LogP contribution is -2.17. The van der Waals surface area contributed by atoms with Crippen LogP contribution in [0, 0.1) is 18.3 Å². The maximum Gasteiger partial charge on any atom is 0.324 e. The number of halogens is 1. The molecule has 0 fully saturated rings. The van der Waals surface area contributed by atoms with Gasteiger partial charge in [0.15, 0.2) is 5.76 Å². The Kier molecular flexibility index (Phi) is 7.20. The van der Waals surface area contributed by atoms with E-state index < -0.39 is 5.97 Å². The molecule has 1 aromatic heterocycles. The lowest BCUT2D eigenvalue weighted by Gasteiger charge is -2.19. The second-order valence-electron chi connectivity index (χ2n) is 7.81. The highest BCUT2D eigenvalue weighted by molar-refractivity contribution is 7.99. The number of rotatable bonds is 5. The number of aryl methyl sites for hydroxylation is 2. The molecule has 0 spiro atoms. The van der Waals surface area contributed by atoms with E-state index in [4.69, 9.17) is 16.3 Å². The largest absolute Gasteiger partial charge is 0.422 e. The summed E-state index contributed by atoms with van der Waals surface area (Å²) in [5, 5.41) is 14.2. The number of thioether (sulfide) groups is 1. The second-order valence-corrected chi connectivity index (χ2v) is 9.37. The van der Waals surface area contributed by atoms with Crippen molar-refractivity contribution in [2.45, 2.75) is 45.3 Å². The van der Waals surface area contributed by atoms with Gasteiger partial charge in [0.1, 0.15) is 17.3 Å². The van der Waals surface area contributed by atoms with Crippen LogP contribution in [0.25, 0.3) is 11.3 Å². The Balaban J connectivity index is 2.70. The number of esters is 1. The minimum Gasteiger partial charge on any atom is -0.422 e. The van der Waals surface area contributed by atoms with Gasteiger partial charge in [0, 0.05) is 7.05 Å². The quantitative estimate of drug-likeness (QED) is 0.362. The molecule has 0 N–H and O–H groups in total. The van der Waals surface area contributed by atoms with E-state index in [9.17, 15) is 10.1 Å². The smallest absolute Gasteiger partial charge is 0.324 e. The normalized spacial score (nSPS) is 13.5. The van der Waals surface area contributed by atoms with Gasteiger partial charge in [0.2, 0.25) is 0 Å². The standard InChI is InChI=1S/C22H26ClN3O2S/c1-13-18(23)19(26(6)25-13)20(28-21(27)14(2)29-7)17(12-24)15-8-10-16(11-9-15)22(3,4)5/h8-11,14H,1-7H3/b20-17-. The summed E-state index contributed by atoms with van der Waals surface area (Å²) in [6.07, 6.45) is 1.83. The Morgan fingerprint density at radius 2 is 1.90 bits per heavy atom. The summed E-state index contributed by atoms with van der Waals surface area (Å²) in [6.45, 7) is 9.89. The number of nitrogens with zero attached hydrogens (tertiary/aromatic N) is 3. The number of hydrogen-bond acceptors (Lipinski definition) is 5. The van der Waals surface area contributed by atoms with Crippen molar-refractivity contribution < 1.29 is 9.53 Å². The average Bonchev–Trinajstić information content (AvgIpc) is 2.92. The molecule has 7 heteroatoms. The molecule has 0 saturated heterocycles. The summed E-state index contributed by atoms with van der Waals surface area (Å²) < 4.78 is 7.25. The fourth-order valence-electron chi connectivity index (χ4n) is 2.76. The molecule has 0 radical (unpaired) electrons. The third kappa shape index (κ3) is 5.04. The van der Waals surface area contributed by atoms with Crippen molar-refractivity contribution in [1.29, 1.82) is 5.26 Å². The summed E-state index contributed by atoms with van der Waals surface area (Å²) in [4.78, 5) is 12.6. The number of aromatic nitrogens is 2. The summed E-state index contributed by atoms with van der Waals surface area (Å²) in [6, 6.07) is 9.88. The van der Waals surface area contributed by atoms with Crippen LogP contribution in [0.2, 0.25) is 5.02 Å². The first-order valence-electron chi connectivity index (χ1n) is 9.20. The zero-order valence-corrected chi connectivity index (χ0v) is 19.4. The Morgan fingerprint density at radius 1 is 1.31 bits per heavy atom. The van der Waals surface area contributed by atoms with Gasteiger partial charge in [0.05, 0.1) is 16.0 Å². The van der Waals surface area contributed by atoms with Crippen LogP contribution in [-0.4, -0.2) is 27.3 Å². The molecule has 1 heterocycles. The number of allylic oxidation sites excluding steroid dienone is 1. The molecule has 0 aliphatic rings. The van der Waals surface area contributed by atoms with Crippen molar-refractivity contribution in [3.05, 3.63) is 51.8 Å². The molecule has 1 unspecified atom stereocenters. The van der Waals surface area contributed by atoms with E-state index in [1.54, 1.807) is 20.9 Å². The molecular weight excluding hydrogens is 406 g/mol. The fraction of sp³-hybridized carbons (Fsp3) is 0.409. The third-order valence-corrected chi connectivity index (χ3v) is 5.98. The Hall–Kier alpha value is -2.23. The lowest BCUT2D eigenvalue weighted by molar-refractivity contribution is -0.135. The van der Waals surface area contributed by atoms with E-state index in [2.05, 4.69) is 31.9 Å². The van der Waals surface area contributed by atoms with E-state index in [1.807, 2.05) is 30.5 Å². The topological polar surface area (TPSA) is 67.9 Å². The highest BCUT2D eigenvalue weighted by Gasteiger charge is 2.26. The van der Waals surface area contributed by atoms with Crippen LogP contribution in [0.1, 0.15) is 50.2 Å². The van der Waals surface area contributed by atoms with Crippen molar-refractivity contribution >= 4 is 40.7 Å². The van der Waals surface area contributed by atoms with Gasteiger partial charge < -0.3 is 4.74 Å². The maximum atomic E-state index is 12.6. The minimum absolute atomic E-state index is 0.0133. The summed E-state index contributed by atoms with van der Waals surface area (Å²) in [7, 11) is 1.71. The number of ether oxygens (including phenoxy) is 1. The van der Waals surface area contributed by atoms with Crippen LogP contribution < -0.4 is 0 Å². The maximum absolute atomic E-state index is 12.6. The van der Waals surface area contributed by atoms with Crippen molar-refractivity contribution in [2.24, 2.45) is 7.05 Å². The molecule has 154 valence electrons. The molecule has 0 aliphatic carbocycles. The lowest BCUT2D eigenvalue weighted by atomic mass is 9.86. The molecule has 5 nitrogen and oxygen atoms in total. The fourth-order valence-corrected chi connectivity index (χ4v) is 3.25. The first-order valence-corrected chi connectivity index (χ1v) is 10.9. The van der Waals surface area contributed by atoms with Gasteiger partial charge in [-0.2, -0.15) is 22.1 Å². The van der Waals surface area contributed by atoms with E-state index in [-0.39, 0.29) is 22.0 Å². The van der Waals surface area contributed by atoms with Crippen LogP contribution in [0.15, 0.2) is 24.3 Å². The number of carbonyl (C=O) groups is 1. The minimum atomic E-state index is -0.443. The Morgan fingerprint density at radius 3 is 2.31 bits per heavy atom. The zero-order chi connectivity index (χ0) is 21.9. The van der Waals surface area contributed by atoms with Crippen molar-refractivity contribution in [2.75, 3.05) is 6.26 Å². The highest BCUT2D eigenvalue weighted by Crippen LogP contribution is 2.34. The van der Waals surface area contributed by atoms with Gasteiger partial charge in [-0.3, -0.25) is 9.48 Å². The summed E-state index contributed by atoms with van der Waals surface area (Å²) >= 11 is 7.82. The first kappa shape index (κ1) is 23.1. The molecule has 2 rings (SSSR count). The van der Waals surface area contributed by atoms with Crippen molar-refractivity contribution in [3.8, 4) is 6.07 Å². The zero-order valence-electron chi connectivity index (χ0n) is 17.8. The average molecular weight is 432 g/mol. The van der Waals surface area contributed by atoms with E-state index in [0.29, 0.717) is 22.0 Å². The predicted octanol–water partition coefficient (Wildman–Crippen LogP) is 5.37. The summed E-state index contributed by atoms with van der Waals surface area (Å²) in [5.74, 6) is -0.323. The van der Waals surface area contributed by atoms with Crippen LogP contribution >= 0.6 is 23.4 Å². The number of benzene rings is 1. The monoisotopic (exact) mass is 431 g/mol. The molecule has 0 bridgehead atoms. The summed E-state index contributed by atoms with van der Waals surface area (Å²) in [5.41, 5.74) is 3.01. The molecule has 0 amide bonds. The van der Waals surface area contributed by atoms with Gasteiger partial charge in [-0.15, -0.1) is 0 Å². The molecule has 1 atom stereocenters. The van der Waals surface area contributed by atoms with Crippen LogP contribution in [0.5, 0.6) is 0 Å². The van der Waals surface area contributed by atoms with Gasteiger partial charge in [0.25, 0.3) is 0 Å². The van der Waals surface area contributed by atoms with Gasteiger partial charge >= 0.3 is 5.97 Å². The van der Waals surface area contributed by atoms with Crippen LogP contribution in [0.4, 0.5) is 0 Å². The third-order valence-electron chi connectivity index (χ3n) is 4.63. The molecule has 2 aromatic rings. The van der Waals surface area contributed by atoms with E-state index >= 15 is 0 Å². The van der Waals surface area contributed by atoms with Gasteiger partial charge in [-0.1, -0.05) is 56.6 Å². The number of nitriles is 1. The number of carbonyl (C=O) groups excluding carboxylic acids is 1. The first-order chi connectivity index (χ1) is 13.5. The van der Waals surface area contributed by atoms with Crippen LogP contribution in [-0.2, 0) is 22.0 Å². The number of hydrogen-bond donors (Lipinski definition) is 0. The molecule has 1 aromatic carbocycles. The molecular formula is C22H26ClN3O2S. The second kappa shape index (κ2) is 9.06. The molecule has 0 aliphatic heterocycles. The van der Waals surface area contributed by atoms with Crippen molar-refractivity contribution in [1.82, 2.24) is 9.78 Å². The van der Waals surface area contributed by atoms with Crippen molar-refractivity contribution in [3.63, 3.8) is 0 Å². The Bertz CT molecular complexity index is 979.